The van der Waals surface area contributed by atoms with Gasteiger partial charge in [-0.2, -0.15) is 0 Å². The molecule has 1 amide bonds. The van der Waals surface area contributed by atoms with Gasteiger partial charge in [-0.15, -0.1) is 0 Å². The first-order valence-electron chi connectivity index (χ1n) is 5.50. The van der Waals surface area contributed by atoms with E-state index in [2.05, 4.69) is 37.2 Å². The highest BCUT2D eigenvalue weighted by atomic mass is 79.9. The molecule has 0 aliphatic heterocycles. The van der Waals surface area contributed by atoms with Gasteiger partial charge in [0.2, 0.25) is 0 Å². The second-order valence-electron chi connectivity index (χ2n) is 4.07. The molecule has 1 N–H and O–H groups in total. The topological polar surface area (TPSA) is 29.1 Å². The van der Waals surface area contributed by atoms with E-state index < -0.39 is 5.82 Å². The van der Waals surface area contributed by atoms with Gasteiger partial charge < -0.3 is 5.32 Å². The quantitative estimate of drug-likeness (QED) is 0.780. The molecule has 0 saturated carbocycles. The Morgan fingerprint density at radius 1 is 1.21 bits per heavy atom. The molecule has 2 nitrogen and oxygen atoms in total. The number of amides is 1. The van der Waals surface area contributed by atoms with Crippen LogP contribution in [0.15, 0.2) is 45.3 Å². The van der Waals surface area contributed by atoms with Crippen LogP contribution in [0.5, 0.6) is 0 Å². The number of hydrogen-bond acceptors (Lipinski definition) is 1. The maximum atomic E-state index is 13.4. The zero-order valence-corrected chi connectivity index (χ0v) is 13.2. The third-order valence-electron chi connectivity index (χ3n) is 2.50. The fourth-order valence-corrected chi connectivity index (χ4v) is 2.74. The Kier molecular flexibility index (Phi) is 4.37. The molecule has 0 fully saturated rings. The first-order chi connectivity index (χ1) is 8.97. The fraction of sp³-hybridized carbons (Fsp3) is 0.0714. The van der Waals surface area contributed by atoms with E-state index in [9.17, 15) is 9.18 Å². The zero-order chi connectivity index (χ0) is 14.0. The minimum atomic E-state index is -0.460. The van der Waals surface area contributed by atoms with Gasteiger partial charge in [0.25, 0.3) is 5.91 Å². The van der Waals surface area contributed by atoms with Gasteiger partial charge in [-0.25, -0.2) is 4.39 Å². The lowest BCUT2D eigenvalue weighted by molar-refractivity contribution is 0.102. The van der Waals surface area contributed by atoms with Gasteiger partial charge in [0.15, 0.2) is 0 Å². The van der Waals surface area contributed by atoms with Crippen molar-refractivity contribution in [3.8, 4) is 0 Å². The average molecular weight is 387 g/mol. The van der Waals surface area contributed by atoms with Crippen LogP contribution < -0.4 is 5.32 Å². The Morgan fingerprint density at radius 3 is 2.63 bits per heavy atom. The van der Waals surface area contributed by atoms with Crippen LogP contribution in [-0.4, -0.2) is 5.91 Å². The third-order valence-corrected chi connectivity index (χ3v) is 3.76. The molecule has 0 spiro atoms. The number of hydrogen-bond donors (Lipinski definition) is 1. The minimum absolute atomic E-state index is 0.166. The Labute approximate surface area is 127 Å². The average Bonchev–Trinajstić information content (AvgIpc) is 2.31. The van der Waals surface area contributed by atoms with E-state index in [4.69, 9.17) is 0 Å². The smallest absolute Gasteiger partial charge is 0.256 e. The van der Waals surface area contributed by atoms with Crippen LogP contribution in [0.4, 0.5) is 10.1 Å². The number of nitrogens with one attached hydrogen (secondary N) is 1. The number of aryl methyl sites for hydroxylation is 1. The van der Waals surface area contributed by atoms with Crippen molar-refractivity contribution in [2.24, 2.45) is 0 Å². The predicted molar refractivity (Wildman–Crippen MR) is 80.9 cm³/mol. The molecule has 0 aromatic heterocycles. The molecule has 0 aliphatic carbocycles. The Bertz CT molecular complexity index is 623. The van der Waals surface area contributed by atoms with E-state index in [0.29, 0.717) is 5.69 Å². The lowest BCUT2D eigenvalue weighted by Gasteiger charge is -2.08. The number of rotatable bonds is 2. The number of carbonyl (C=O) groups is 1. The van der Waals surface area contributed by atoms with Crippen LogP contribution in [0.3, 0.4) is 0 Å². The molecule has 98 valence electrons. The van der Waals surface area contributed by atoms with Crippen molar-refractivity contribution < 1.29 is 9.18 Å². The predicted octanol–water partition coefficient (Wildman–Crippen LogP) is 4.91. The molecule has 0 radical (unpaired) electrons. The van der Waals surface area contributed by atoms with Crippen LogP contribution in [-0.2, 0) is 0 Å². The van der Waals surface area contributed by atoms with Crippen LogP contribution in [0.25, 0.3) is 0 Å². The molecular formula is C14H10Br2FNO. The van der Waals surface area contributed by atoms with Gasteiger partial charge in [-0.1, -0.05) is 22.0 Å². The van der Waals surface area contributed by atoms with Crippen molar-refractivity contribution in [1.29, 1.82) is 0 Å². The molecule has 2 rings (SSSR count). The van der Waals surface area contributed by atoms with Crippen LogP contribution in [0, 0.1) is 12.7 Å². The van der Waals surface area contributed by atoms with Crippen LogP contribution in [0.1, 0.15) is 15.9 Å². The van der Waals surface area contributed by atoms with Gasteiger partial charge in [-0.05, 0) is 58.7 Å². The van der Waals surface area contributed by atoms with Gasteiger partial charge in [-0.3, -0.25) is 4.79 Å². The fourth-order valence-electron chi connectivity index (χ4n) is 1.69. The van der Waals surface area contributed by atoms with E-state index in [0.717, 1.165) is 10.0 Å². The van der Waals surface area contributed by atoms with Crippen molar-refractivity contribution >= 4 is 43.5 Å². The number of halogens is 3. The Balaban J connectivity index is 2.28. The summed E-state index contributed by atoms with van der Waals surface area (Å²) < 4.78 is 14.4. The van der Waals surface area contributed by atoms with Crippen molar-refractivity contribution in [2.45, 2.75) is 6.92 Å². The van der Waals surface area contributed by atoms with Crippen LogP contribution >= 0.6 is 31.9 Å². The molecule has 0 aliphatic rings. The van der Waals surface area contributed by atoms with Crippen molar-refractivity contribution in [2.75, 3.05) is 5.32 Å². The highest BCUT2D eigenvalue weighted by molar-refractivity contribution is 9.10. The maximum absolute atomic E-state index is 13.4. The molecule has 19 heavy (non-hydrogen) atoms. The molecular weight excluding hydrogens is 377 g/mol. The van der Waals surface area contributed by atoms with Crippen LogP contribution in [0.2, 0.25) is 0 Å². The second-order valence-corrected chi connectivity index (χ2v) is 5.78. The van der Waals surface area contributed by atoms with Gasteiger partial charge in [0.05, 0.1) is 10.0 Å². The summed E-state index contributed by atoms with van der Waals surface area (Å²) in [7, 11) is 0. The first kappa shape index (κ1) is 14.2. The lowest BCUT2D eigenvalue weighted by atomic mass is 10.2. The monoisotopic (exact) mass is 385 g/mol. The highest BCUT2D eigenvalue weighted by Gasteiger charge is 2.13. The molecule has 2 aromatic carbocycles. The number of benzene rings is 2. The standard InChI is InChI=1S/C14H10Br2FNO/c1-8-5-9(15)7-10(6-8)18-14(19)11-3-2-4-12(17)13(11)16/h2-7H,1H3,(H,18,19). The van der Waals surface area contributed by atoms with Gasteiger partial charge in [0, 0.05) is 10.2 Å². The molecule has 0 bridgehead atoms. The van der Waals surface area contributed by atoms with Crippen molar-refractivity contribution in [3.05, 3.63) is 62.3 Å². The van der Waals surface area contributed by atoms with Crippen molar-refractivity contribution in [1.82, 2.24) is 0 Å². The lowest BCUT2D eigenvalue weighted by Crippen LogP contribution is -2.13. The highest BCUT2D eigenvalue weighted by Crippen LogP contribution is 2.23. The largest absolute Gasteiger partial charge is 0.322 e. The zero-order valence-electron chi connectivity index (χ0n) is 10.0. The Hall–Kier alpha value is -1.20. The van der Waals surface area contributed by atoms with E-state index in [1.54, 1.807) is 12.1 Å². The van der Waals surface area contributed by atoms with E-state index in [-0.39, 0.29) is 15.9 Å². The summed E-state index contributed by atoms with van der Waals surface area (Å²) in [4.78, 5) is 12.1. The molecule has 2 aromatic rings. The summed E-state index contributed by atoms with van der Waals surface area (Å²) in [6.07, 6.45) is 0. The SMILES string of the molecule is Cc1cc(Br)cc(NC(=O)c2cccc(F)c2Br)c1. The normalized spacial score (nSPS) is 10.3. The second kappa shape index (κ2) is 5.84. The third kappa shape index (κ3) is 3.42. The minimum Gasteiger partial charge on any atom is -0.322 e. The van der Waals surface area contributed by atoms with E-state index in [1.807, 2.05) is 19.1 Å². The summed E-state index contributed by atoms with van der Waals surface area (Å²) in [6, 6.07) is 9.93. The van der Waals surface area contributed by atoms with Gasteiger partial charge >= 0.3 is 0 Å². The molecule has 0 atom stereocenters. The number of carbonyl (C=O) groups excluding carboxylic acids is 1. The summed E-state index contributed by atoms with van der Waals surface area (Å²) in [6.45, 7) is 1.93. The molecule has 0 heterocycles. The summed E-state index contributed by atoms with van der Waals surface area (Å²) in [5, 5.41) is 2.74. The summed E-state index contributed by atoms with van der Waals surface area (Å²) >= 11 is 6.44. The first-order valence-corrected chi connectivity index (χ1v) is 7.08. The maximum Gasteiger partial charge on any atom is 0.256 e. The van der Waals surface area contributed by atoms with Crippen molar-refractivity contribution in [3.63, 3.8) is 0 Å². The Morgan fingerprint density at radius 2 is 1.95 bits per heavy atom. The molecule has 0 unspecified atom stereocenters. The van der Waals surface area contributed by atoms with Gasteiger partial charge in [0.1, 0.15) is 5.82 Å². The van der Waals surface area contributed by atoms with E-state index >= 15 is 0 Å². The summed E-state index contributed by atoms with van der Waals surface area (Å²) in [5.41, 5.74) is 1.94. The summed E-state index contributed by atoms with van der Waals surface area (Å²) in [5.74, 6) is -0.818. The molecule has 5 heteroatoms. The number of anilines is 1. The van der Waals surface area contributed by atoms with E-state index in [1.165, 1.54) is 12.1 Å². The molecule has 0 saturated heterocycles.